The van der Waals surface area contributed by atoms with Crippen LogP contribution in [0.15, 0.2) is 24.3 Å². The summed E-state index contributed by atoms with van der Waals surface area (Å²) < 4.78 is 13.4. The third kappa shape index (κ3) is 4.26. The summed E-state index contributed by atoms with van der Waals surface area (Å²) >= 11 is 0. The number of imide groups is 1. The van der Waals surface area contributed by atoms with E-state index >= 15 is 0 Å². The zero-order valence-electron chi connectivity index (χ0n) is 12.6. The number of nitrogens with zero attached hydrogens (tertiary/aromatic N) is 1. The van der Waals surface area contributed by atoms with Gasteiger partial charge in [0.05, 0.1) is 17.6 Å². The molecule has 1 fully saturated rings. The Kier molecular flexibility index (Phi) is 5.28. The highest BCUT2D eigenvalue weighted by atomic mass is 19.1. The number of carbonyl (C=O) groups excluding carboxylic acids is 2. The molecule has 0 aromatic heterocycles. The van der Waals surface area contributed by atoms with Gasteiger partial charge < -0.3 is 10.4 Å². The smallest absolute Gasteiger partial charge is 0.326 e. The van der Waals surface area contributed by atoms with Crippen molar-refractivity contribution in [3.63, 3.8) is 0 Å². The second-order valence-corrected chi connectivity index (χ2v) is 5.42. The number of carboxylic acid groups (broad SMARTS) is 1. The van der Waals surface area contributed by atoms with Crippen molar-refractivity contribution in [1.82, 2.24) is 10.2 Å². The Morgan fingerprint density at radius 1 is 1.35 bits per heavy atom. The molecule has 1 aliphatic rings. The van der Waals surface area contributed by atoms with Crippen LogP contribution in [0.4, 0.5) is 14.9 Å². The number of para-hydroxylation sites is 1. The number of aliphatic carboxylic acids is 1. The molecule has 3 N–H and O–H groups in total. The quantitative estimate of drug-likeness (QED) is 0.775. The van der Waals surface area contributed by atoms with E-state index in [1.54, 1.807) is 17.9 Å². The van der Waals surface area contributed by atoms with Crippen LogP contribution in [0.25, 0.3) is 0 Å². The third-order valence-corrected chi connectivity index (χ3v) is 3.85. The molecule has 1 aromatic carbocycles. The second kappa shape index (κ2) is 7.19. The average Bonchev–Trinajstić information content (AvgIpc) is 2.98. The normalized spacial score (nSPS) is 19.1. The van der Waals surface area contributed by atoms with Crippen LogP contribution in [0.5, 0.6) is 0 Å². The molecule has 3 amide bonds. The first-order valence-electron chi connectivity index (χ1n) is 7.21. The van der Waals surface area contributed by atoms with E-state index in [0.717, 1.165) is 0 Å². The van der Waals surface area contributed by atoms with E-state index in [1.165, 1.54) is 18.2 Å². The molecule has 0 bridgehead atoms. The molecule has 0 aliphatic carbocycles. The summed E-state index contributed by atoms with van der Waals surface area (Å²) in [5, 5.41) is 13.3. The summed E-state index contributed by atoms with van der Waals surface area (Å²) in [6.07, 6.45) is 0.467. The van der Waals surface area contributed by atoms with Gasteiger partial charge >= 0.3 is 12.0 Å². The molecule has 1 aliphatic heterocycles. The van der Waals surface area contributed by atoms with Gasteiger partial charge in [-0.3, -0.25) is 19.8 Å². The Morgan fingerprint density at radius 2 is 2.04 bits per heavy atom. The van der Waals surface area contributed by atoms with Crippen molar-refractivity contribution in [2.75, 3.05) is 18.4 Å². The summed E-state index contributed by atoms with van der Waals surface area (Å²) in [5.41, 5.74) is -0.0300. The number of urea groups is 1. The molecule has 2 rings (SSSR count). The van der Waals surface area contributed by atoms with Crippen LogP contribution in [-0.4, -0.2) is 47.0 Å². The Hall–Kier alpha value is -2.48. The van der Waals surface area contributed by atoms with E-state index in [9.17, 15) is 18.8 Å². The molecule has 1 saturated heterocycles. The van der Waals surface area contributed by atoms with Crippen LogP contribution in [-0.2, 0) is 9.59 Å². The lowest BCUT2D eigenvalue weighted by Crippen LogP contribution is -2.47. The molecule has 2 atom stereocenters. The predicted molar refractivity (Wildman–Crippen MR) is 80.3 cm³/mol. The largest absolute Gasteiger partial charge is 0.481 e. The van der Waals surface area contributed by atoms with Crippen LogP contribution in [0.3, 0.4) is 0 Å². The highest BCUT2D eigenvalue weighted by Gasteiger charge is 2.33. The van der Waals surface area contributed by atoms with E-state index in [4.69, 9.17) is 5.11 Å². The van der Waals surface area contributed by atoms with E-state index in [2.05, 4.69) is 10.6 Å². The number of hydrogen-bond donors (Lipinski definition) is 3. The van der Waals surface area contributed by atoms with Crippen molar-refractivity contribution < 1.29 is 23.9 Å². The first-order valence-corrected chi connectivity index (χ1v) is 7.21. The van der Waals surface area contributed by atoms with Crippen molar-refractivity contribution in [2.45, 2.75) is 19.4 Å². The number of anilines is 1. The minimum atomic E-state index is -0.891. The van der Waals surface area contributed by atoms with Crippen LogP contribution < -0.4 is 10.6 Å². The lowest BCUT2D eigenvalue weighted by molar-refractivity contribution is -0.141. The van der Waals surface area contributed by atoms with Crippen molar-refractivity contribution in [1.29, 1.82) is 0 Å². The van der Waals surface area contributed by atoms with Gasteiger partial charge in [-0.05, 0) is 32.0 Å². The lowest BCUT2D eigenvalue weighted by Gasteiger charge is -2.22. The maximum atomic E-state index is 13.4. The monoisotopic (exact) mass is 323 g/mol. The van der Waals surface area contributed by atoms with Gasteiger partial charge in [-0.2, -0.15) is 0 Å². The SMILES string of the molecule is CC(C(=O)NC(=O)Nc1ccccc1F)N1CCC(C(=O)O)C1. The number of halogens is 1. The van der Waals surface area contributed by atoms with E-state index in [-0.39, 0.29) is 12.2 Å². The van der Waals surface area contributed by atoms with Crippen molar-refractivity contribution in [3.8, 4) is 0 Å². The number of rotatable bonds is 4. The third-order valence-electron chi connectivity index (χ3n) is 3.85. The molecule has 0 spiro atoms. The van der Waals surface area contributed by atoms with E-state index < -0.39 is 35.7 Å². The van der Waals surface area contributed by atoms with Crippen molar-refractivity contribution >= 4 is 23.6 Å². The fraction of sp³-hybridized carbons (Fsp3) is 0.400. The van der Waals surface area contributed by atoms with Crippen LogP contribution in [0.2, 0.25) is 0 Å². The van der Waals surface area contributed by atoms with Gasteiger partial charge in [0, 0.05) is 6.54 Å². The topological polar surface area (TPSA) is 98.7 Å². The average molecular weight is 323 g/mol. The number of benzene rings is 1. The highest BCUT2D eigenvalue weighted by Crippen LogP contribution is 2.19. The molecular formula is C15H18FN3O4. The summed E-state index contributed by atoms with van der Waals surface area (Å²) in [7, 11) is 0. The zero-order valence-corrected chi connectivity index (χ0v) is 12.6. The Morgan fingerprint density at radius 3 is 2.65 bits per heavy atom. The summed E-state index contributed by atoms with van der Waals surface area (Å²) in [5.74, 6) is -2.56. The predicted octanol–water partition coefficient (Wildman–Crippen LogP) is 1.27. The Bertz CT molecular complexity index is 622. The number of carboxylic acids is 1. The zero-order chi connectivity index (χ0) is 17.0. The molecule has 124 valence electrons. The Labute approximate surface area is 132 Å². The number of hydrogen-bond acceptors (Lipinski definition) is 4. The van der Waals surface area contributed by atoms with Gasteiger partial charge in [0.25, 0.3) is 0 Å². The van der Waals surface area contributed by atoms with Gasteiger partial charge in [0.15, 0.2) is 0 Å². The lowest BCUT2D eigenvalue weighted by atomic mass is 10.1. The minimum absolute atomic E-state index is 0.0300. The number of carbonyl (C=O) groups is 3. The van der Waals surface area contributed by atoms with Crippen LogP contribution in [0.1, 0.15) is 13.3 Å². The fourth-order valence-corrected chi connectivity index (χ4v) is 2.44. The number of amides is 3. The first-order chi connectivity index (χ1) is 10.9. The van der Waals surface area contributed by atoms with Crippen LogP contribution >= 0.6 is 0 Å². The molecule has 1 heterocycles. The van der Waals surface area contributed by atoms with Crippen molar-refractivity contribution in [2.24, 2.45) is 5.92 Å². The molecule has 0 saturated carbocycles. The second-order valence-electron chi connectivity index (χ2n) is 5.42. The summed E-state index contributed by atoms with van der Waals surface area (Å²) in [6.45, 7) is 2.33. The van der Waals surface area contributed by atoms with Gasteiger partial charge in [-0.1, -0.05) is 12.1 Å². The molecule has 2 unspecified atom stereocenters. The summed E-state index contributed by atoms with van der Waals surface area (Å²) in [6, 6.07) is 4.13. The van der Waals surface area contributed by atoms with Crippen molar-refractivity contribution in [3.05, 3.63) is 30.1 Å². The molecule has 0 radical (unpaired) electrons. The maximum absolute atomic E-state index is 13.4. The van der Waals surface area contributed by atoms with Gasteiger partial charge in [-0.25, -0.2) is 9.18 Å². The number of nitrogens with one attached hydrogen (secondary N) is 2. The number of likely N-dealkylation sites (tertiary alicyclic amines) is 1. The minimum Gasteiger partial charge on any atom is -0.481 e. The van der Waals surface area contributed by atoms with Gasteiger partial charge in [0.1, 0.15) is 5.82 Å². The summed E-state index contributed by atoms with van der Waals surface area (Å²) in [4.78, 5) is 36.4. The molecule has 7 nitrogen and oxygen atoms in total. The first kappa shape index (κ1) is 16.9. The molecular weight excluding hydrogens is 305 g/mol. The van der Waals surface area contributed by atoms with E-state index in [1.807, 2.05) is 0 Å². The fourth-order valence-electron chi connectivity index (χ4n) is 2.44. The maximum Gasteiger partial charge on any atom is 0.326 e. The van der Waals surface area contributed by atoms with Crippen LogP contribution in [0, 0.1) is 11.7 Å². The van der Waals surface area contributed by atoms with Gasteiger partial charge in [-0.15, -0.1) is 0 Å². The molecule has 23 heavy (non-hydrogen) atoms. The highest BCUT2D eigenvalue weighted by molar-refractivity contribution is 6.02. The van der Waals surface area contributed by atoms with E-state index in [0.29, 0.717) is 13.0 Å². The van der Waals surface area contributed by atoms with Gasteiger partial charge in [0.2, 0.25) is 5.91 Å². The molecule has 1 aromatic rings. The standard InChI is InChI=1S/C15H18FN3O4/c1-9(19-7-6-10(8-19)14(21)22)13(20)18-15(23)17-12-5-3-2-4-11(12)16/h2-5,9-10H,6-8H2,1H3,(H,21,22)(H2,17,18,20,23). The Balaban J connectivity index is 1.87. The molecule has 8 heteroatoms.